The summed E-state index contributed by atoms with van der Waals surface area (Å²) in [5.74, 6) is 0.872. The van der Waals surface area contributed by atoms with Crippen LogP contribution in [0.1, 0.15) is 38.3 Å². The maximum Gasteiger partial charge on any atom is 0.252 e. The van der Waals surface area contributed by atoms with Gasteiger partial charge in [-0.25, -0.2) is 0 Å². The third-order valence-electron chi connectivity index (χ3n) is 4.24. The number of unbranched alkanes of at least 4 members (excludes halogenated alkanes) is 1. The normalized spacial score (nSPS) is 19.4. The van der Waals surface area contributed by atoms with Gasteiger partial charge in [-0.3, -0.25) is 4.79 Å². The number of methoxy groups -OCH3 is 1. The molecule has 1 aliphatic rings. The molecule has 1 aromatic carbocycles. The van der Waals surface area contributed by atoms with Crippen LogP contribution in [0.4, 0.5) is 0 Å². The number of benzene rings is 1. The fourth-order valence-electron chi connectivity index (χ4n) is 2.90. The number of hydrogen-bond acceptors (Lipinski definition) is 4. The molecular weight excluding hydrogens is 292 g/mol. The minimum atomic E-state index is -0.406. The van der Waals surface area contributed by atoms with Gasteiger partial charge in [-0.1, -0.05) is 31.5 Å². The molecule has 1 amide bonds. The lowest BCUT2D eigenvalue weighted by molar-refractivity contribution is -0.146. The molecule has 0 bridgehead atoms. The Kier molecular flexibility index (Phi) is 6.86. The average molecular weight is 320 g/mol. The number of carbonyl (C=O) groups is 1. The van der Waals surface area contributed by atoms with Crippen LogP contribution in [0, 0.1) is 0 Å². The third kappa shape index (κ3) is 4.45. The van der Waals surface area contributed by atoms with Crippen molar-refractivity contribution in [2.45, 2.75) is 38.8 Å². The molecule has 23 heavy (non-hydrogen) atoms. The van der Waals surface area contributed by atoms with Gasteiger partial charge in [-0.2, -0.15) is 0 Å². The van der Waals surface area contributed by atoms with Gasteiger partial charge >= 0.3 is 0 Å². The zero-order valence-electron chi connectivity index (χ0n) is 14.4. The number of hydrogen-bond donors (Lipinski definition) is 1. The van der Waals surface area contributed by atoms with Gasteiger partial charge in [0.05, 0.1) is 13.2 Å². The van der Waals surface area contributed by atoms with Gasteiger partial charge in [0, 0.05) is 31.8 Å². The number of ether oxygens (including phenoxy) is 2. The molecule has 2 rings (SSSR count). The van der Waals surface area contributed by atoms with Crippen LogP contribution in [0.2, 0.25) is 0 Å². The lowest BCUT2D eigenvalue weighted by Gasteiger charge is -2.38. The van der Waals surface area contributed by atoms with Gasteiger partial charge in [-0.15, -0.1) is 0 Å². The molecule has 0 spiro atoms. The summed E-state index contributed by atoms with van der Waals surface area (Å²) in [6, 6.07) is 7.87. The Balaban J connectivity index is 2.13. The first-order valence-corrected chi connectivity index (χ1v) is 8.44. The zero-order chi connectivity index (χ0) is 16.7. The van der Waals surface area contributed by atoms with E-state index in [1.165, 1.54) is 0 Å². The third-order valence-corrected chi connectivity index (χ3v) is 4.24. The van der Waals surface area contributed by atoms with Crippen molar-refractivity contribution in [1.29, 1.82) is 0 Å². The zero-order valence-corrected chi connectivity index (χ0v) is 14.4. The van der Waals surface area contributed by atoms with Crippen LogP contribution in [0.25, 0.3) is 0 Å². The van der Waals surface area contributed by atoms with Crippen LogP contribution < -0.4 is 10.1 Å². The number of rotatable bonds is 7. The number of nitrogens with zero attached hydrogens (tertiary/aromatic N) is 1. The number of nitrogens with one attached hydrogen (secondary N) is 1. The van der Waals surface area contributed by atoms with Crippen molar-refractivity contribution in [3.63, 3.8) is 0 Å². The van der Waals surface area contributed by atoms with Crippen molar-refractivity contribution in [3.8, 4) is 5.75 Å². The molecule has 2 atom stereocenters. The van der Waals surface area contributed by atoms with Crippen molar-refractivity contribution < 1.29 is 14.3 Å². The second kappa shape index (κ2) is 8.89. The summed E-state index contributed by atoms with van der Waals surface area (Å²) in [6.07, 6.45) is 1.64. The lowest BCUT2D eigenvalue weighted by Crippen LogP contribution is -2.51. The van der Waals surface area contributed by atoms with Crippen LogP contribution in [-0.2, 0) is 9.53 Å². The van der Waals surface area contributed by atoms with Crippen LogP contribution >= 0.6 is 0 Å². The molecule has 1 saturated heterocycles. The SMILES string of the molecule is CCCCOC(C)C(=O)N1CCNCC1c1ccccc1OC. The van der Waals surface area contributed by atoms with Gasteiger partial charge < -0.3 is 19.7 Å². The van der Waals surface area contributed by atoms with Crippen LogP contribution in [0.3, 0.4) is 0 Å². The van der Waals surface area contributed by atoms with E-state index < -0.39 is 6.10 Å². The van der Waals surface area contributed by atoms with E-state index in [0.717, 1.165) is 37.2 Å². The Morgan fingerprint density at radius 2 is 2.22 bits per heavy atom. The molecule has 128 valence electrons. The van der Waals surface area contributed by atoms with Crippen molar-refractivity contribution in [2.75, 3.05) is 33.4 Å². The Hall–Kier alpha value is -1.59. The fourth-order valence-corrected chi connectivity index (χ4v) is 2.90. The molecule has 0 aliphatic carbocycles. The molecule has 1 fully saturated rings. The number of para-hydroxylation sites is 1. The predicted molar refractivity (Wildman–Crippen MR) is 90.6 cm³/mol. The van der Waals surface area contributed by atoms with Crippen molar-refractivity contribution in [2.24, 2.45) is 0 Å². The quantitative estimate of drug-likeness (QED) is 0.784. The van der Waals surface area contributed by atoms with E-state index in [-0.39, 0.29) is 11.9 Å². The van der Waals surface area contributed by atoms with E-state index in [4.69, 9.17) is 9.47 Å². The maximum atomic E-state index is 12.8. The molecule has 5 heteroatoms. The lowest BCUT2D eigenvalue weighted by atomic mass is 10.0. The predicted octanol–water partition coefficient (Wildman–Crippen LogP) is 2.37. The molecule has 0 aromatic heterocycles. The first-order chi connectivity index (χ1) is 11.2. The van der Waals surface area contributed by atoms with E-state index in [0.29, 0.717) is 13.2 Å². The van der Waals surface area contributed by atoms with E-state index >= 15 is 0 Å². The smallest absolute Gasteiger partial charge is 0.252 e. The number of piperazine rings is 1. The first-order valence-electron chi connectivity index (χ1n) is 8.44. The molecular formula is C18H28N2O3. The molecule has 5 nitrogen and oxygen atoms in total. The number of carbonyl (C=O) groups excluding carboxylic acids is 1. The van der Waals surface area contributed by atoms with Crippen LogP contribution in [0.5, 0.6) is 5.75 Å². The highest BCUT2D eigenvalue weighted by molar-refractivity contribution is 5.81. The largest absolute Gasteiger partial charge is 0.496 e. The fraction of sp³-hybridized carbons (Fsp3) is 0.611. The topological polar surface area (TPSA) is 50.8 Å². The van der Waals surface area contributed by atoms with Gasteiger partial charge in [0.2, 0.25) is 0 Å². The molecule has 1 aliphatic heterocycles. The summed E-state index contributed by atoms with van der Waals surface area (Å²) < 4.78 is 11.2. The van der Waals surface area contributed by atoms with Gasteiger partial charge in [0.15, 0.2) is 0 Å². The van der Waals surface area contributed by atoms with Crippen molar-refractivity contribution in [3.05, 3.63) is 29.8 Å². The van der Waals surface area contributed by atoms with E-state index in [9.17, 15) is 4.79 Å². The standard InChI is InChI=1S/C18H28N2O3/c1-4-5-12-23-14(2)18(21)20-11-10-19-13-16(20)15-8-6-7-9-17(15)22-3/h6-9,14,16,19H,4-5,10-13H2,1-3H3. The molecule has 1 N–H and O–H groups in total. The highest BCUT2D eigenvalue weighted by Crippen LogP contribution is 2.30. The van der Waals surface area contributed by atoms with E-state index in [1.54, 1.807) is 7.11 Å². The maximum absolute atomic E-state index is 12.8. The summed E-state index contributed by atoms with van der Waals surface area (Å²) in [5, 5.41) is 3.37. The van der Waals surface area contributed by atoms with Crippen molar-refractivity contribution in [1.82, 2.24) is 10.2 Å². The number of amides is 1. The minimum absolute atomic E-state index is 0.0235. The summed E-state index contributed by atoms with van der Waals surface area (Å²) in [5.41, 5.74) is 1.04. The summed E-state index contributed by atoms with van der Waals surface area (Å²) in [6.45, 7) is 6.81. The highest BCUT2D eigenvalue weighted by Gasteiger charge is 2.32. The highest BCUT2D eigenvalue weighted by atomic mass is 16.5. The Labute approximate surface area is 139 Å². The minimum Gasteiger partial charge on any atom is -0.496 e. The Morgan fingerprint density at radius 1 is 1.43 bits per heavy atom. The molecule has 0 saturated carbocycles. The molecule has 1 aromatic rings. The average Bonchev–Trinajstić information content (AvgIpc) is 2.61. The van der Waals surface area contributed by atoms with Gasteiger partial charge in [0.1, 0.15) is 11.9 Å². The van der Waals surface area contributed by atoms with Gasteiger partial charge in [0.25, 0.3) is 5.91 Å². The monoisotopic (exact) mass is 320 g/mol. The molecule has 1 heterocycles. The molecule has 2 unspecified atom stereocenters. The van der Waals surface area contributed by atoms with Gasteiger partial charge in [-0.05, 0) is 19.4 Å². The summed E-state index contributed by atoms with van der Waals surface area (Å²) in [4.78, 5) is 14.7. The van der Waals surface area contributed by atoms with Crippen LogP contribution in [-0.4, -0.2) is 50.3 Å². The summed E-state index contributed by atoms with van der Waals surface area (Å²) >= 11 is 0. The van der Waals surface area contributed by atoms with E-state index in [2.05, 4.69) is 12.2 Å². The Bertz CT molecular complexity index is 507. The second-order valence-electron chi connectivity index (χ2n) is 5.86. The van der Waals surface area contributed by atoms with Crippen molar-refractivity contribution >= 4 is 5.91 Å². The van der Waals surface area contributed by atoms with Crippen LogP contribution in [0.15, 0.2) is 24.3 Å². The van der Waals surface area contributed by atoms with E-state index in [1.807, 2.05) is 36.1 Å². The Morgan fingerprint density at radius 3 is 2.96 bits per heavy atom. The summed E-state index contributed by atoms with van der Waals surface area (Å²) in [7, 11) is 1.66. The molecule has 0 radical (unpaired) electrons. The first kappa shape index (κ1) is 17.8. The second-order valence-corrected chi connectivity index (χ2v) is 5.86.